The van der Waals surface area contributed by atoms with Crippen molar-refractivity contribution in [3.63, 3.8) is 0 Å². The summed E-state index contributed by atoms with van der Waals surface area (Å²) >= 11 is 0. The summed E-state index contributed by atoms with van der Waals surface area (Å²) in [4.78, 5) is 0. The van der Waals surface area contributed by atoms with Gasteiger partial charge in [-0.3, -0.25) is 0 Å². The maximum absolute atomic E-state index is 9.15. The van der Waals surface area contributed by atoms with Gasteiger partial charge in [0.1, 0.15) is 0 Å². The molecule has 60 valence electrons. The van der Waals surface area contributed by atoms with Gasteiger partial charge >= 0.3 is 0 Å². The molecule has 0 bridgehead atoms. The van der Waals surface area contributed by atoms with E-state index in [4.69, 9.17) is 20.7 Å². The van der Waals surface area contributed by atoms with Crippen molar-refractivity contribution in [3.05, 3.63) is 0 Å². The first-order chi connectivity index (χ1) is 4.61. The van der Waals surface area contributed by atoms with Gasteiger partial charge < -0.3 is 20.7 Å². The molecule has 0 aliphatic carbocycles. The van der Waals surface area contributed by atoms with Crippen LogP contribution in [0.25, 0.3) is 0 Å². The molecule has 0 radical (unpaired) electrons. The lowest BCUT2D eigenvalue weighted by molar-refractivity contribution is -0.191. The number of hydrogen-bond acceptors (Lipinski definition) is 4. The van der Waals surface area contributed by atoms with Gasteiger partial charge in [0, 0.05) is 6.42 Å². The minimum atomic E-state index is -0.857. The summed E-state index contributed by atoms with van der Waals surface area (Å²) < 4.78 is 4.94. The fourth-order valence-corrected chi connectivity index (χ4v) is 1.07. The van der Waals surface area contributed by atoms with E-state index in [1.165, 1.54) is 0 Å². The molecule has 1 aliphatic heterocycles. The molecule has 0 aromatic heterocycles. The monoisotopic (exact) mass is 147 g/mol. The van der Waals surface area contributed by atoms with Gasteiger partial charge in [0.25, 0.3) is 0 Å². The largest absolute Gasteiger partial charge is 0.391 e. The van der Waals surface area contributed by atoms with E-state index < -0.39 is 12.4 Å². The minimum absolute atomic E-state index is 0.214. The zero-order valence-electron chi connectivity index (χ0n) is 5.90. The van der Waals surface area contributed by atoms with Crippen LogP contribution in [0.15, 0.2) is 0 Å². The van der Waals surface area contributed by atoms with Crippen molar-refractivity contribution in [2.24, 2.45) is 5.73 Å². The van der Waals surface area contributed by atoms with Crippen molar-refractivity contribution in [2.45, 2.75) is 37.9 Å². The van der Waals surface area contributed by atoms with Crippen molar-refractivity contribution >= 4 is 0 Å². The van der Waals surface area contributed by atoms with Crippen molar-refractivity contribution in [2.75, 3.05) is 0 Å². The summed E-state index contributed by atoms with van der Waals surface area (Å²) in [5, 5.41) is 18.1. The number of hydrogen-bond donors (Lipinski definition) is 3. The molecule has 0 amide bonds. The van der Waals surface area contributed by atoms with Crippen LogP contribution >= 0.6 is 0 Å². The molecule has 0 unspecified atom stereocenters. The van der Waals surface area contributed by atoms with Gasteiger partial charge in [0.05, 0.1) is 18.2 Å². The van der Waals surface area contributed by atoms with Crippen LogP contribution in [0.3, 0.4) is 0 Å². The molecular weight excluding hydrogens is 134 g/mol. The summed E-state index contributed by atoms with van der Waals surface area (Å²) in [6, 6.07) is -0.372. The quantitative estimate of drug-likeness (QED) is 0.402. The second-order valence-corrected chi connectivity index (χ2v) is 2.68. The van der Waals surface area contributed by atoms with E-state index in [-0.39, 0.29) is 18.6 Å². The Hall–Kier alpha value is -0.160. The van der Waals surface area contributed by atoms with E-state index in [2.05, 4.69) is 0 Å². The van der Waals surface area contributed by atoms with Crippen molar-refractivity contribution in [1.82, 2.24) is 0 Å². The Morgan fingerprint density at radius 1 is 1.50 bits per heavy atom. The number of aliphatic hydroxyl groups is 2. The average Bonchev–Trinajstić information content (AvgIpc) is 1.82. The van der Waals surface area contributed by atoms with Gasteiger partial charge in [-0.15, -0.1) is 0 Å². The predicted molar refractivity (Wildman–Crippen MR) is 35.2 cm³/mol. The van der Waals surface area contributed by atoms with Crippen LogP contribution < -0.4 is 5.73 Å². The Labute approximate surface area is 59.6 Å². The fraction of sp³-hybridized carbons (Fsp3) is 1.00. The molecule has 4 atom stereocenters. The van der Waals surface area contributed by atoms with Crippen LogP contribution in [0.1, 0.15) is 13.3 Å². The fourth-order valence-electron chi connectivity index (χ4n) is 1.07. The van der Waals surface area contributed by atoms with E-state index in [0.29, 0.717) is 0 Å². The molecular formula is C6H13NO3. The number of nitrogens with two attached hydrogens (primary N) is 1. The first kappa shape index (κ1) is 7.94. The molecule has 0 spiro atoms. The van der Waals surface area contributed by atoms with Gasteiger partial charge in [-0.1, -0.05) is 0 Å². The Bertz CT molecular complexity index is 108. The van der Waals surface area contributed by atoms with Crippen LogP contribution in [-0.4, -0.2) is 34.8 Å². The zero-order valence-corrected chi connectivity index (χ0v) is 5.90. The van der Waals surface area contributed by atoms with Gasteiger partial charge in [-0.25, -0.2) is 0 Å². The van der Waals surface area contributed by atoms with E-state index in [9.17, 15) is 0 Å². The van der Waals surface area contributed by atoms with Crippen molar-refractivity contribution in [3.8, 4) is 0 Å². The number of rotatable bonds is 0. The molecule has 4 heteroatoms. The third kappa shape index (κ3) is 1.46. The Balaban J connectivity index is 2.49. The van der Waals surface area contributed by atoms with Gasteiger partial charge in [0.15, 0.2) is 6.29 Å². The van der Waals surface area contributed by atoms with Crippen LogP contribution in [0, 0.1) is 0 Å². The molecule has 1 aliphatic rings. The minimum Gasteiger partial charge on any atom is -0.391 e. The lowest BCUT2D eigenvalue weighted by Crippen LogP contribution is -2.51. The lowest BCUT2D eigenvalue weighted by atomic mass is 10.0. The standard InChI is InChI=1S/C6H13NO3/c1-3-6(7)4(8)2-5(9)10-3/h3-6,8-9H,2,7H2,1H3/t3-,4-,5+,6-/m1/s1. The van der Waals surface area contributed by atoms with Crippen LogP contribution in [0.4, 0.5) is 0 Å². The van der Waals surface area contributed by atoms with Gasteiger partial charge in [0.2, 0.25) is 0 Å². The third-order valence-corrected chi connectivity index (χ3v) is 1.80. The first-order valence-electron chi connectivity index (χ1n) is 3.38. The number of ether oxygens (including phenoxy) is 1. The lowest BCUT2D eigenvalue weighted by Gasteiger charge is -2.33. The molecule has 0 saturated carbocycles. The first-order valence-corrected chi connectivity index (χ1v) is 3.38. The normalized spacial score (nSPS) is 49.2. The summed E-state index contributed by atoms with van der Waals surface area (Å²) in [5.74, 6) is 0. The van der Waals surface area contributed by atoms with Gasteiger partial charge in [-0.05, 0) is 6.92 Å². The molecule has 1 saturated heterocycles. The van der Waals surface area contributed by atoms with E-state index in [0.717, 1.165) is 0 Å². The Morgan fingerprint density at radius 3 is 2.60 bits per heavy atom. The highest BCUT2D eigenvalue weighted by atomic mass is 16.6. The summed E-state index contributed by atoms with van der Waals surface area (Å²) in [6.45, 7) is 1.73. The third-order valence-electron chi connectivity index (χ3n) is 1.80. The topological polar surface area (TPSA) is 75.7 Å². The smallest absolute Gasteiger partial charge is 0.157 e. The highest BCUT2D eigenvalue weighted by Gasteiger charge is 2.31. The number of aliphatic hydroxyl groups excluding tert-OH is 2. The summed E-state index contributed by atoms with van der Waals surface area (Å²) in [7, 11) is 0. The van der Waals surface area contributed by atoms with E-state index >= 15 is 0 Å². The Kier molecular flexibility index (Phi) is 2.25. The molecule has 4 N–H and O–H groups in total. The maximum Gasteiger partial charge on any atom is 0.157 e. The SMILES string of the molecule is C[C@H]1O[C@H](O)C[C@@H](O)[C@@H]1N. The summed E-state index contributed by atoms with van der Waals surface area (Å²) in [5.41, 5.74) is 5.50. The van der Waals surface area contributed by atoms with Crippen LogP contribution in [0.2, 0.25) is 0 Å². The van der Waals surface area contributed by atoms with Crippen LogP contribution in [-0.2, 0) is 4.74 Å². The highest BCUT2D eigenvalue weighted by Crippen LogP contribution is 2.16. The summed E-state index contributed by atoms with van der Waals surface area (Å²) in [6.07, 6.45) is -1.55. The predicted octanol–water partition coefficient (Wildman–Crippen LogP) is -1.20. The Morgan fingerprint density at radius 2 is 2.10 bits per heavy atom. The molecule has 0 aromatic rings. The van der Waals surface area contributed by atoms with Crippen molar-refractivity contribution in [1.29, 1.82) is 0 Å². The molecule has 1 rings (SSSR count). The van der Waals surface area contributed by atoms with Crippen LogP contribution in [0.5, 0.6) is 0 Å². The van der Waals surface area contributed by atoms with E-state index in [1.807, 2.05) is 0 Å². The second kappa shape index (κ2) is 2.84. The molecule has 1 heterocycles. The average molecular weight is 147 g/mol. The molecule has 4 nitrogen and oxygen atoms in total. The highest BCUT2D eigenvalue weighted by molar-refractivity contribution is 4.82. The molecule has 10 heavy (non-hydrogen) atoms. The maximum atomic E-state index is 9.15. The van der Waals surface area contributed by atoms with Gasteiger partial charge in [-0.2, -0.15) is 0 Å². The molecule has 0 aromatic carbocycles. The van der Waals surface area contributed by atoms with Crippen molar-refractivity contribution < 1.29 is 14.9 Å². The zero-order chi connectivity index (χ0) is 7.72. The van der Waals surface area contributed by atoms with E-state index in [1.54, 1.807) is 6.92 Å². The molecule has 1 fully saturated rings. The second-order valence-electron chi connectivity index (χ2n) is 2.68.